The Balaban J connectivity index is 2.04. The minimum atomic E-state index is -4.46. The molecule has 3 amide bonds. The summed E-state index contributed by atoms with van der Waals surface area (Å²) < 4.78 is 43.8. The van der Waals surface area contributed by atoms with Crippen LogP contribution < -0.4 is 5.32 Å². The zero-order valence-corrected chi connectivity index (χ0v) is 18.9. The molecular weight excluding hydrogens is 427 g/mol. The van der Waals surface area contributed by atoms with Crippen LogP contribution in [0.3, 0.4) is 0 Å². The summed E-state index contributed by atoms with van der Waals surface area (Å²) in [5.74, 6) is -0.00470. The second kappa shape index (κ2) is 11.0. The molecule has 180 valence electrons. The number of hydrogen-bond donors (Lipinski definition) is 2. The van der Waals surface area contributed by atoms with E-state index in [1.807, 2.05) is 6.92 Å². The molecule has 1 aromatic rings. The average molecular weight is 460 g/mol. The zero-order valence-electron chi connectivity index (χ0n) is 18.9. The van der Waals surface area contributed by atoms with Crippen LogP contribution in [-0.2, 0) is 15.7 Å². The summed E-state index contributed by atoms with van der Waals surface area (Å²) in [6.07, 6.45) is -2.99. The summed E-state index contributed by atoms with van der Waals surface area (Å²) in [4.78, 5) is 28.1. The van der Waals surface area contributed by atoms with Gasteiger partial charge in [0.1, 0.15) is 0 Å². The molecule has 32 heavy (non-hydrogen) atoms. The Morgan fingerprint density at radius 1 is 1.19 bits per heavy atom. The lowest BCUT2D eigenvalue weighted by Crippen LogP contribution is -2.49. The van der Waals surface area contributed by atoms with Crippen LogP contribution in [0, 0.1) is 11.8 Å². The van der Waals surface area contributed by atoms with Crippen molar-refractivity contribution in [2.24, 2.45) is 11.8 Å². The standard InChI is InChI=1S/C22H32F3N3O4/c1-14(19(32-4)12-27(3)20(30)16-5-6-16)11-28(15(2)13-29)21(31)26-18-9-7-17(8-10-18)22(23,24)25/h7-10,14-16,19,29H,5-6,11-13H2,1-4H3,(H,26,31)/t14-,15+,19-/m1/s1. The summed E-state index contributed by atoms with van der Waals surface area (Å²) in [7, 11) is 3.27. The first kappa shape index (κ1) is 25.9. The Hall–Kier alpha value is -2.33. The van der Waals surface area contributed by atoms with Crippen LogP contribution in [0.25, 0.3) is 0 Å². The van der Waals surface area contributed by atoms with E-state index in [-0.39, 0.29) is 42.7 Å². The molecule has 0 heterocycles. The number of benzene rings is 1. The lowest BCUT2D eigenvalue weighted by molar-refractivity contribution is -0.137. The highest BCUT2D eigenvalue weighted by molar-refractivity contribution is 5.89. The number of anilines is 1. The van der Waals surface area contributed by atoms with E-state index in [2.05, 4.69) is 5.32 Å². The lowest BCUT2D eigenvalue weighted by atomic mass is 10.0. The number of aliphatic hydroxyl groups is 1. The number of halogens is 3. The predicted octanol–water partition coefficient (Wildman–Crippen LogP) is 3.44. The highest BCUT2D eigenvalue weighted by atomic mass is 19.4. The maximum absolute atomic E-state index is 12.8. The Morgan fingerprint density at radius 3 is 2.25 bits per heavy atom. The number of nitrogens with one attached hydrogen (secondary N) is 1. The maximum atomic E-state index is 12.8. The van der Waals surface area contributed by atoms with Gasteiger partial charge >= 0.3 is 12.2 Å². The molecule has 0 radical (unpaired) electrons. The zero-order chi connectivity index (χ0) is 24.1. The van der Waals surface area contributed by atoms with Crippen LogP contribution in [0.1, 0.15) is 32.3 Å². The summed E-state index contributed by atoms with van der Waals surface area (Å²) >= 11 is 0. The van der Waals surface area contributed by atoms with Gasteiger partial charge in [0.05, 0.1) is 24.3 Å². The normalized spacial score (nSPS) is 16.8. The monoisotopic (exact) mass is 459 g/mol. The van der Waals surface area contributed by atoms with Crippen LogP contribution in [0.5, 0.6) is 0 Å². The molecule has 7 nitrogen and oxygen atoms in total. The Labute approximate surface area is 186 Å². The number of likely N-dealkylation sites (N-methyl/N-ethyl adjacent to an activating group) is 1. The van der Waals surface area contributed by atoms with Gasteiger partial charge in [0, 0.05) is 44.8 Å². The van der Waals surface area contributed by atoms with E-state index in [1.165, 1.54) is 17.0 Å². The van der Waals surface area contributed by atoms with Crippen molar-refractivity contribution in [3.8, 4) is 0 Å². The SMILES string of the molecule is CO[C@H](CN(C)C(=O)C1CC1)[C@H](C)CN(C(=O)Nc1ccc(C(F)(F)F)cc1)[C@@H](C)CO. The van der Waals surface area contributed by atoms with Gasteiger partial charge in [0.2, 0.25) is 5.91 Å². The fourth-order valence-corrected chi connectivity index (χ4v) is 3.42. The van der Waals surface area contributed by atoms with Crippen LogP contribution in [0.4, 0.5) is 23.7 Å². The van der Waals surface area contributed by atoms with Crippen molar-refractivity contribution in [3.63, 3.8) is 0 Å². The largest absolute Gasteiger partial charge is 0.416 e. The van der Waals surface area contributed by atoms with Crippen molar-refractivity contribution < 1.29 is 32.6 Å². The fourth-order valence-electron chi connectivity index (χ4n) is 3.42. The molecule has 10 heteroatoms. The highest BCUT2D eigenvalue weighted by Gasteiger charge is 2.34. The van der Waals surface area contributed by atoms with Crippen LogP contribution in [0.2, 0.25) is 0 Å². The van der Waals surface area contributed by atoms with Gasteiger partial charge in [-0.25, -0.2) is 4.79 Å². The van der Waals surface area contributed by atoms with Gasteiger partial charge < -0.3 is 25.0 Å². The molecule has 1 fully saturated rings. The van der Waals surface area contributed by atoms with Crippen molar-refractivity contribution in [1.82, 2.24) is 9.80 Å². The van der Waals surface area contributed by atoms with E-state index in [9.17, 15) is 27.9 Å². The number of methoxy groups -OCH3 is 1. The molecule has 2 rings (SSSR count). The van der Waals surface area contributed by atoms with Crippen molar-refractivity contribution in [2.45, 2.75) is 45.0 Å². The highest BCUT2D eigenvalue weighted by Crippen LogP contribution is 2.31. The summed E-state index contributed by atoms with van der Waals surface area (Å²) in [5, 5.41) is 12.2. The molecule has 1 saturated carbocycles. The van der Waals surface area contributed by atoms with Crippen molar-refractivity contribution in [1.29, 1.82) is 0 Å². The first-order chi connectivity index (χ1) is 15.0. The van der Waals surface area contributed by atoms with E-state index in [4.69, 9.17) is 4.74 Å². The number of nitrogens with zero attached hydrogens (tertiary/aromatic N) is 2. The van der Waals surface area contributed by atoms with Crippen molar-refractivity contribution >= 4 is 17.6 Å². The third kappa shape index (κ3) is 7.09. The summed E-state index contributed by atoms with van der Waals surface area (Å²) in [6.45, 7) is 3.85. The molecule has 0 saturated heterocycles. The first-order valence-electron chi connectivity index (χ1n) is 10.6. The summed E-state index contributed by atoms with van der Waals surface area (Å²) in [5.41, 5.74) is -0.596. The number of hydrogen-bond acceptors (Lipinski definition) is 4. The Morgan fingerprint density at radius 2 is 1.78 bits per heavy atom. The van der Waals surface area contributed by atoms with Gasteiger partial charge in [0.15, 0.2) is 0 Å². The number of urea groups is 1. The maximum Gasteiger partial charge on any atom is 0.416 e. The lowest BCUT2D eigenvalue weighted by Gasteiger charge is -2.34. The molecule has 1 aliphatic carbocycles. The van der Waals surface area contributed by atoms with Crippen molar-refractivity contribution in [2.75, 3.05) is 39.2 Å². The van der Waals surface area contributed by atoms with E-state index < -0.39 is 23.8 Å². The van der Waals surface area contributed by atoms with Gasteiger partial charge in [-0.1, -0.05) is 6.92 Å². The second-order valence-corrected chi connectivity index (χ2v) is 8.43. The van der Waals surface area contributed by atoms with E-state index >= 15 is 0 Å². The molecule has 0 aliphatic heterocycles. The van der Waals surface area contributed by atoms with Crippen LogP contribution in [0.15, 0.2) is 24.3 Å². The fraction of sp³-hybridized carbons (Fsp3) is 0.636. The summed E-state index contributed by atoms with van der Waals surface area (Å²) in [6, 6.07) is 3.08. The molecule has 0 aromatic heterocycles. The molecule has 1 aromatic carbocycles. The number of carbonyl (C=O) groups is 2. The van der Waals surface area contributed by atoms with E-state index in [0.29, 0.717) is 6.54 Å². The van der Waals surface area contributed by atoms with Gasteiger partial charge in [0.25, 0.3) is 0 Å². The number of ether oxygens (including phenoxy) is 1. The second-order valence-electron chi connectivity index (χ2n) is 8.43. The predicted molar refractivity (Wildman–Crippen MR) is 114 cm³/mol. The number of amides is 3. The Kier molecular flexibility index (Phi) is 8.91. The van der Waals surface area contributed by atoms with Crippen molar-refractivity contribution in [3.05, 3.63) is 29.8 Å². The van der Waals surface area contributed by atoms with Gasteiger partial charge in [-0.15, -0.1) is 0 Å². The average Bonchev–Trinajstić information content (AvgIpc) is 3.59. The third-order valence-corrected chi connectivity index (χ3v) is 5.70. The topological polar surface area (TPSA) is 82.1 Å². The number of rotatable bonds is 10. The minimum Gasteiger partial charge on any atom is -0.394 e. The number of alkyl halides is 3. The van der Waals surface area contributed by atoms with Gasteiger partial charge in [-0.05, 0) is 44.0 Å². The third-order valence-electron chi connectivity index (χ3n) is 5.70. The van der Waals surface area contributed by atoms with Gasteiger partial charge in [-0.2, -0.15) is 13.2 Å². The molecule has 0 unspecified atom stereocenters. The van der Waals surface area contributed by atoms with E-state index in [0.717, 1.165) is 25.0 Å². The molecular formula is C22H32F3N3O4. The quantitative estimate of drug-likeness (QED) is 0.562. The number of aliphatic hydroxyl groups excluding tert-OH is 1. The first-order valence-corrected chi connectivity index (χ1v) is 10.6. The molecule has 0 spiro atoms. The van der Waals surface area contributed by atoms with Crippen LogP contribution >= 0.6 is 0 Å². The Bertz CT molecular complexity index is 769. The minimum absolute atomic E-state index is 0.0832. The smallest absolute Gasteiger partial charge is 0.394 e. The van der Waals surface area contributed by atoms with Crippen LogP contribution in [-0.4, -0.2) is 72.8 Å². The number of carbonyl (C=O) groups excluding carboxylic acids is 2. The molecule has 2 N–H and O–H groups in total. The molecule has 0 bridgehead atoms. The van der Waals surface area contributed by atoms with Gasteiger partial charge in [-0.3, -0.25) is 4.79 Å². The molecule has 3 atom stereocenters. The molecule has 1 aliphatic rings. The van der Waals surface area contributed by atoms with E-state index in [1.54, 1.807) is 26.0 Å².